The molecule has 2 N–H and O–H groups in total. The number of aliphatic carboxylic acids is 1. The SMILES string of the molecule is COc1ccc(NC(=O)[C@@H](c2ccc(-c3cncc(C(F)(F)F)c3)cc2)C2CCCC2)c(C)c1CCC(=O)O. The van der Waals surface area contributed by atoms with Crippen molar-refractivity contribution in [3.63, 3.8) is 0 Å². The lowest BCUT2D eigenvalue weighted by atomic mass is 9.83. The standard InChI is InChI=1S/C30H31F3N2O4/c1-18-24(11-14-27(36)37)26(39-2)13-12-25(18)35-29(38)28(20-5-3-4-6-20)21-9-7-19(8-10-21)22-15-23(17-34-16-22)30(31,32)33/h7-10,12-13,15-17,20,28H,3-6,11,14H2,1-2H3,(H,35,38)(H,36,37)/t28-/m1/s1. The van der Waals surface area contributed by atoms with Crippen LogP contribution >= 0.6 is 0 Å². The second-order valence-corrected chi connectivity index (χ2v) is 9.91. The summed E-state index contributed by atoms with van der Waals surface area (Å²) in [6.45, 7) is 1.83. The van der Waals surface area contributed by atoms with Gasteiger partial charge in [-0.3, -0.25) is 14.6 Å². The van der Waals surface area contributed by atoms with Gasteiger partial charge in [0.2, 0.25) is 5.91 Å². The number of rotatable bonds is 9. The van der Waals surface area contributed by atoms with Crippen molar-refractivity contribution >= 4 is 17.6 Å². The molecule has 1 aliphatic rings. The number of halogens is 3. The minimum atomic E-state index is -4.48. The fourth-order valence-corrected chi connectivity index (χ4v) is 5.38. The molecule has 0 radical (unpaired) electrons. The van der Waals surface area contributed by atoms with Gasteiger partial charge in [-0.05, 0) is 72.6 Å². The van der Waals surface area contributed by atoms with Crippen molar-refractivity contribution in [2.45, 2.75) is 57.5 Å². The van der Waals surface area contributed by atoms with Crippen molar-refractivity contribution in [2.24, 2.45) is 5.92 Å². The van der Waals surface area contributed by atoms with Crippen LogP contribution in [0.2, 0.25) is 0 Å². The number of nitrogens with zero attached hydrogens (tertiary/aromatic N) is 1. The van der Waals surface area contributed by atoms with E-state index in [0.29, 0.717) is 22.6 Å². The summed E-state index contributed by atoms with van der Waals surface area (Å²) in [5.74, 6) is -0.829. The van der Waals surface area contributed by atoms with Crippen LogP contribution in [-0.4, -0.2) is 29.1 Å². The quantitative estimate of drug-likeness (QED) is 0.305. The van der Waals surface area contributed by atoms with E-state index >= 15 is 0 Å². The predicted molar refractivity (Wildman–Crippen MR) is 142 cm³/mol. The molecule has 2 aromatic carbocycles. The van der Waals surface area contributed by atoms with E-state index in [1.165, 1.54) is 13.3 Å². The predicted octanol–water partition coefficient (Wildman–Crippen LogP) is 7.01. The molecule has 1 atom stereocenters. The molecule has 6 nitrogen and oxygen atoms in total. The number of nitrogens with one attached hydrogen (secondary N) is 1. The highest BCUT2D eigenvalue weighted by Crippen LogP contribution is 2.40. The van der Waals surface area contributed by atoms with Gasteiger partial charge in [0, 0.05) is 30.1 Å². The van der Waals surface area contributed by atoms with Gasteiger partial charge < -0.3 is 15.2 Å². The fraction of sp³-hybridized carbons (Fsp3) is 0.367. The average Bonchev–Trinajstić information content (AvgIpc) is 3.43. The first-order valence-electron chi connectivity index (χ1n) is 12.9. The summed E-state index contributed by atoms with van der Waals surface area (Å²) in [5.41, 5.74) is 2.98. The van der Waals surface area contributed by atoms with Crippen molar-refractivity contribution < 1.29 is 32.6 Å². The highest BCUT2D eigenvalue weighted by atomic mass is 19.4. The van der Waals surface area contributed by atoms with Crippen LogP contribution in [0.5, 0.6) is 5.75 Å². The van der Waals surface area contributed by atoms with E-state index in [2.05, 4.69) is 10.3 Å². The Bertz CT molecular complexity index is 1330. The topological polar surface area (TPSA) is 88.5 Å². The van der Waals surface area contributed by atoms with Gasteiger partial charge in [0.25, 0.3) is 0 Å². The summed E-state index contributed by atoms with van der Waals surface area (Å²) < 4.78 is 44.9. The smallest absolute Gasteiger partial charge is 0.417 e. The van der Waals surface area contributed by atoms with E-state index in [9.17, 15) is 22.8 Å². The Morgan fingerprint density at radius 1 is 1.08 bits per heavy atom. The fourth-order valence-electron chi connectivity index (χ4n) is 5.38. The second kappa shape index (κ2) is 11.9. The Kier molecular flexibility index (Phi) is 8.57. The van der Waals surface area contributed by atoms with Gasteiger partial charge in [0.15, 0.2) is 0 Å². The zero-order valence-corrected chi connectivity index (χ0v) is 21.8. The molecule has 1 saturated carbocycles. The van der Waals surface area contributed by atoms with Gasteiger partial charge in [-0.15, -0.1) is 0 Å². The molecular formula is C30H31F3N2O4. The Morgan fingerprint density at radius 2 is 1.77 bits per heavy atom. The van der Waals surface area contributed by atoms with E-state index in [4.69, 9.17) is 9.84 Å². The summed E-state index contributed by atoms with van der Waals surface area (Å²) in [5, 5.41) is 12.2. The molecule has 1 aromatic heterocycles. The molecule has 0 bridgehead atoms. The number of aromatic nitrogens is 1. The van der Waals surface area contributed by atoms with E-state index in [0.717, 1.165) is 54.6 Å². The Morgan fingerprint density at radius 3 is 2.38 bits per heavy atom. The maximum Gasteiger partial charge on any atom is 0.417 e. The number of pyridine rings is 1. The molecule has 206 valence electrons. The molecule has 0 spiro atoms. The third kappa shape index (κ3) is 6.58. The number of hydrogen-bond acceptors (Lipinski definition) is 4. The third-order valence-corrected chi connectivity index (χ3v) is 7.44. The molecule has 0 unspecified atom stereocenters. The van der Waals surface area contributed by atoms with Gasteiger partial charge in [-0.1, -0.05) is 37.1 Å². The minimum Gasteiger partial charge on any atom is -0.496 e. The van der Waals surface area contributed by atoms with Crippen molar-refractivity contribution in [3.05, 3.63) is 77.1 Å². The van der Waals surface area contributed by atoms with Gasteiger partial charge in [0.1, 0.15) is 5.75 Å². The van der Waals surface area contributed by atoms with E-state index < -0.39 is 23.6 Å². The number of benzene rings is 2. The molecule has 0 saturated heterocycles. The van der Waals surface area contributed by atoms with Crippen LogP contribution in [0.4, 0.5) is 18.9 Å². The Hall–Kier alpha value is -3.88. The van der Waals surface area contributed by atoms with Crippen molar-refractivity contribution in [3.8, 4) is 16.9 Å². The lowest BCUT2D eigenvalue weighted by Gasteiger charge is -2.25. The van der Waals surface area contributed by atoms with Crippen molar-refractivity contribution in [1.82, 2.24) is 4.98 Å². The number of carbonyl (C=O) groups is 2. The van der Waals surface area contributed by atoms with E-state index in [1.807, 2.05) is 6.92 Å². The van der Waals surface area contributed by atoms with Gasteiger partial charge in [-0.2, -0.15) is 13.2 Å². The van der Waals surface area contributed by atoms with Crippen LogP contribution in [0, 0.1) is 12.8 Å². The summed E-state index contributed by atoms with van der Waals surface area (Å²) in [7, 11) is 1.52. The number of carboxylic acids is 1. The van der Waals surface area contributed by atoms with Crippen molar-refractivity contribution in [2.75, 3.05) is 12.4 Å². The zero-order valence-electron chi connectivity index (χ0n) is 21.8. The summed E-state index contributed by atoms with van der Waals surface area (Å²) in [4.78, 5) is 28.6. The summed E-state index contributed by atoms with van der Waals surface area (Å²) >= 11 is 0. The third-order valence-electron chi connectivity index (χ3n) is 7.44. The number of alkyl halides is 3. The monoisotopic (exact) mass is 540 g/mol. The first kappa shape index (κ1) is 28.1. The molecular weight excluding hydrogens is 509 g/mol. The van der Waals surface area contributed by atoms with Gasteiger partial charge in [0.05, 0.1) is 18.6 Å². The number of methoxy groups -OCH3 is 1. The highest BCUT2D eigenvalue weighted by Gasteiger charge is 2.33. The Labute approximate surface area is 225 Å². The molecule has 9 heteroatoms. The molecule has 1 amide bonds. The minimum absolute atomic E-state index is 0.0625. The van der Waals surface area contributed by atoms with Crippen LogP contribution in [0.25, 0.3) is 11.1 Å². The number of carbonyl (C=O) groups excluding carboxylic acids is 1. The van der Waals surface area contributed by atoms with Gasteiger partial charge >= 0.3 is 12.1 Å². The molecule has 1 fully saturated rings. The molecule has 39 heavy (non-hydrogen) atoms. The summed E-state index contributed by atoms with van der Waals surface area (Å²) in [6.07, 6.45) is 1.78. The second-order valence-electron chi connectivity index (χ2n) is 9.91. The molecule has 4 rings (SSSR count). The molecule has 0 aliphatic heterocycles. The lowest BCUT2D eigenvalue weighted by Crippen LogP contribution is -2.27. The van der Waals surface area contributed by atoms with Gasteiger partial charge in [-0.25, -0.2) is 0 Å². The van der Waals surface area contributed by atoms with Crippen LogP contribution < -0.4 is 10.1 Å². The van der Waals surface area contributed by atoms with E-state index in [1.54, 1.807) is 36.4 Å². The number of anilines is 1. The maximum absolute atomic E-state index is 13.7. The number of carboxylic acid groups (broad SMARTS) is 1. The Balaban J connectivity index is 1.61. The van der Waals surface area contributed by atoms with Crippen LogP contribution in [0.3, 0.4) is 0 Å². The lowest BCUT2D eigenvalue weighted by molar-refractivity contribution is -0.138. The van der Waals surface area contributed by atoms with E-state index in [-0.39, 0.29) is 24.7 Å². The molecule has 1 heterocycles. The first-order chi connectivity index (χ1) is 18.6. The highest BCUT2D eigenvalue weighted by molar-refractivity contribution is 5.97. The largest absolute Gasteiger partial charge is 0.496 e. The van der Waals surface area contributed by atoms with Crippen LogP contribution in [-0.2, 0) is 22.2 Å². The number of ether oxygens (including phenoxy) is 1. The molecule has 1 aliphatic carbocycles. The number of hydrogen-bond donors (Lipinski definition) is 2. The normalized spacial score (nSPS) is 14.7. The van der Waals surface area contributed by atoms with Crippen molar-refractivity contribution in [1.29, 1.82) is 0 Å². The number of amides is 1. The molecule has 3 aromatic rings. The van der Waals surface area contributed by atoms with Crippen LogP contribution in [0.15, 0.2) is 54.9 Å². The maximum atomic E-state index is 13.7. The zero-order chi connectivity index (χ0) is 28.2. The first-order valence-corrected chi connectivity index (χ1v) is 12.9. The average molecular weight is 541 g/mol. The van der Waals surface area contributed by atoms with Crippen LogP contribution in [0.1, 0.15) is 60.3 Å². The summed E-state index contributed by atoms with van der Waals surface area (Å²) in [6, 6.07) is 11.6.